The number of allylic oxidation sites excluding steroid dienone is 1. The first-order valence-corrected chi connectivity index (χ1v) is 11.1. The Balaban J connectivity index is 1.55. The van der Waals surface area contributed by atoms with Crippen molar-refractivity contribution >= 4 is 17.6 Å². The van der Waals surface area contributed by atoms with Gasteiger partial charge in [0, 0.05) is 24.4 Å². The van der Waals surface area contributed by atoms with Crippen LogP contribution in [0, 0.1) is 17.8 Å². The van der Waals surface area contributed by atoms with Crippen molar-refractivity contribution in [2.75, 3.05) is 6.54 Å². The molecule has 1 aromatic carbocycles. The second-order valence-corrected chi connectivity index (χ2v) is 10.3. The van der Waals surface area contributed by atoms with E-state index < -0.39 is 4.87 Å². The number of alkyl halides is 1. The number of nitrogens with one attached hydrogen (secondary N) is 1. The van der Waals surface area contributed by atoms with Gasteiger partial charge in [-0.15, -0.1) is 11.6 Å². The molecule has 1 N–H and O–H groups in total. The number of hydrogen-bond donors (Lipinski definition) is 1. The van der Waals surface area contributed by atoms with E-state index in [-0.39, 0.29) is 23.4 Å². The standard InChI is InChI=1S/C24H32ClNO2/c1-16-9-12-20(23(2,3)17-7-5-4-6-8-17)21(13-16)28-22(27)24(25)15-26-19-11-10-18(24)14-19/h4-8,10-11,16,18-21,26H,9,12-15H2,1-3H3/t16-,18+,19-,20-,21-,24-/m1/s1. The highest BCUT2D eigenvalue weighted by atomic mass is 35.5. The van der Waals surface area contributed by atoms with Gasteiger partial charge >= 0.3 is 5.97 Å². The number of ether oxygens (including phenoxy) is 1. The summed E-state index contributed by atoms with van der Waals surface area (Å²) < 4.78 is 6.23. The maximum atomic E-state index is 13.3. The van der Waals surface area contributed by atoms with Gasteiger partial charge in [0.25, 0.3) is 0 Å². The van der Waals surface area contributed by atoms with E-state index in [1.807, 2.05) is 0 Å². The molecule has 0 aromatic heterocycles. The first kappa shape index (κ1) is 20.0. The molecular formula is C24H32ClNO2. The van der Waals surface area contributed by atoms with Crippen molar-refractivity contribution in [3.05, 3.63) is 48.0 Å². The number of halogens is 1. The van der Waals surface area contributed by atoms with Gasteiger partial charge in [0.15, 0.2) is 4.87 Å². The van der Waals surface area contributed by atoms with Crippen LogP contribution in [0.4, 0.5) is 0 Å². The molecule has 4 heteroatoms. The summed E-state index contributed by atoms with van der Waals surface area (Å²) in [5.41, 5.74) is 1.24. The van der Waals surface area contributed by atoms with Crippen molar-refractivity contribution in [1.82, 2.24) is 5.32 Å². The Labute approximate surface area is 173 Å². The molecule has 6 atom stereocenters. The zero-order valence-electron chi connectivity index (χ0n) is 17.2. The summed E-state index contributed by atoms with van der Waals surface area (Å²) in [5, 5.41) is 3.38. The lowest BCUT2D eigenvalue weighted by Crippen LogP contribution is -2.56. The van der Waals surface area contributed by atoms with E-state index in [4.69, 9.17) is 16.3 Å². The summed E-state index contributed by atoms with van der Waals surface area (Å²) in [4.78, 5) is 12.3. The molecule has 1 saturated carbocycles. The maximum absolute atomic E-state index is 13.3. The molecule has 0 spiro atoms. The maximum Gasteiger partial charge on any atom is 0.329 e. The Morgan fingerprint density at radius 3 is 2.68 bits per heavy atom. The number of hydrogen-bond acceptors (Lipinski definition) is 3. The highest BCUT2D eigenvalue weighted by molar-refractivity contribution is 6.34. The minimum absolute atomic E-state index is 0.0605. The van der Waals surface area contributed by atoms with Crippen molar-refractivity contribution < 1.29 is 9.53 Å². The summed E-state index contributed by atoms with van der Waals surface area (Å²) in [6.07, 6.45) is 8.18. The fourth-order valence-corrected chi connectivity index (χ4v) is 5.71. The second-order valence-electron chi connectivity index (χ2n) is 9.63. The van der Waals surface area contributed by atoms with Gasteiger partial charge in [-0.3, -0.25) is 4.79 Å². The van der Waals surface area contributed by atoms with Gasteiger partial charge in [0.05, 0.1) is 0 Å². The molecule has 2 aliphatic carbocycles. The molecule has 3 aliphatic rings. The molecule has 4 rings (SSSR count). The average Bonchev–Trinajstić information content (AvgIpc) is 3.10. The molecule has 0 amide bonds. The first-order valence-electron chi connectivity index (χ1n) is 10.7. The lowest BCUT2D eigenvalue weighted by atomic mass is 9.64. The molecule has 1 heterocycles. The monoisotopic (exact) mass is 401 g/mol. The predicted molar refractivity (Wildman–Crippen MR) is 113 cm³/mol. The van der Waals surface area contributed by atoms with Crippen molar-refractivity contribution in [3.63, 3.8) is 0 Å². The molecule has 3 nitrogen and oxygen atoms in total. The Morgan fingerprint density at radius 2 is 1.93 bits per heavy atom. The highest BCUT2D eigenvalue weighted by Gasteiger charge is 2.52. The van der Waals surface area contributed by atoms with Crippen molar-refractivity contribution in [3.8, 4) is 0 Å². The van der Waals surface area contributed by atoms with Crippen molar-refractivity contribution in [2.45, 2.75) is 68.9 Å². The third kappa shape index (κ3) is 3.52. The topological polar surface area (TPSA) is 38.3 Å². The Morgan fingerprint density at radius 1 is 1.18 bits per heavy atom. The molecule has 0 unspecified atom stereocenters. The summed E-state index contributed by atoms with van der Waals surface area (Å²) in [6.45, 7) is 7.31. The van der Waals surface area contributed by atoms with Crippen molar-refractivity contribution in [2.24, 2.45) is 17.8 Å². The van der Waals surface area contributed by atoms with Crippen LogP contribution in [-0.2, 0) is 14.9 Å². The van der Waals surface area contributed by atoms with Gasteiger partial charge < -0.3 is 10.1 Å². The molecule has 1 aliphatic heterocycles. The first-order chi connectivity index (χ1) is 13.3. The van der Waals surface area contributed by atoms with Gasteiger partial charge in [-0.25, -0.2) is 0 Å². The smallest absolute Gasteiger partial charge is 0.329 e. The number of benzene rings is 1. The highest BCUT2D eigenvalue weighted by Crippen LogP contribution is 2.45. The van der Waals surface area contributed by atoms with Gasteiger partial charge in [-0.05, 0) is 36.2 Å². The molecule has 152 valence electrons. The summed E-state index contributed by atoms with van der Waals surface area (Å²) in [7, 11) is 0. The van der Waals surface area contributed by atoms with Crippen LogP contribution in [0.25, 0.3) is 0 Å². The Hall–Kier alpha value is -1.32. The van der Waals surface area contributed by atoms with E-state index in [1.54, 1.807) is 0 Å². The lowest BCUT2D eigenvalue weighted by molar-refractivity contribution is -0.161. The Kier molecular flexibility index (Phi) is 5.35. The van der Waals surface area contributed by atoms with E-state index in [9.17, 15) is 4.79 Å². The van der Waals surface area contributed by atoms with E-state index in [1.165, 1.54) is 12.0 Å². The van der Waals surface area contributed by atoms with Crippen LogP contribution < -0.4 is 5.32 Å². The predicted octanol–water partition coefficient (Wildman–Crippen LogP) is 4.84. The number of carbonyl (C=O) groups excluding carboxylic acids is 1. The van der Waals surface area contributed by atoms with Crippen molar-refractivity contribution in [1.29, 1.82) is 0 Å². The van der Waals surface area contributed by atoms with E-state index >= 15 is 0 Å². The van der Waals surface area contributed by atoms with Crippen LogP contribution in [0.1, 0.15) is 52.0 Å². The second kappa shape index (κ2) is 7.50. The molecule has 0 radical (unpaired) electrons. The summed E-state index contributed by atoms with van der Waals surface area (Å²) >= 11 is 6.86. The fraction of sp³-hybridized carbons (Fsp3) is 0.625. The van der Waals surface area contributed by atoms with Crippen LogP contribution in [0.15, 0.2) is 42.5 Å². The SMILES string of the molecule is C[C@@H]1CC[C@@H](C(C)(C)c2ccccc2)[C@H](OC(=O)[C@@]2(Cl)CN[C@@H]3C=C[C@H]2C3)C1. The lowest BCUT2D eigenvalue weighted by Gasteiger charge is -2.45. The van der Waals surface area contributed by atoms with Crippen LogP contribution >= 0.6 is 11.6 Å². The number of fused-ring (bicyclic) bond motifs is 2. The van der Waals surface area contributed by atoms with Gasteiger partial charge in [0.1, 0.15) is 6.10 Å². The summed E-state index contributed by atoms with van der Waals surface area (Å²) in [5.74, 6) is 0.671. The van der Waals surface area contributed by atoms with E-state index in [2.05, 4.69) is 68.6 Å². The fourth-order valence-electron chi connectivity index (χ4n) is 5.43. The minimum Gasteiger partial charge on any atom is -0.461 e. The van der Waals surface area contributed by atoms with Crippen LogP contribution in [0.3, 0.4) is 0 Å². The average molecular weight is 402 g/mol. The largest absolute Gasteiger partial charge is 0.461 e. The molecule has 1 aromatic rings. The zero-order chi connectivity index (χ0) is 19.9. The number of piperidine rings is 1. The zero-order valence-corrected chi connectivity index (χ0v) is 17.9. The Bertz CT molecular complexity index is 746. The van der Waals surface area contributed by atoms with Crippen LogP contribution in [-0.4, -0.2) is 29.5 Å². The van der Waals surface area contributed by atoms with Crippen LogP contribution in [0.5, 0.6) is 0 Å². The summed E-state index contributed by atoms with van der Waals surface area (Å²) in [6, 6.07) is 11.0. The third-order valence-corrected chi connectivity index (χ3v) is 7.96. The normalized spacial score (nSPS) is 37.6. The van der Waals surface area contributed by atoms with Crippen LogP contribution in [0.2, 0.25) is 0 Å². The number of carbonyl (C=O) groups is 1. The molecule has 1 saturated heterocycles. The number of esters is 1. The minimum atomic E-state index is -0.981. The van der Waals surface area contributed by atoms with E-state index in [0.717, 1.165) is 19.3 Å². The molecule has 2 fully saturated rings. The van der Waals surface area contributed by atoms with Gasteiger partial charge in [-0.1, -0.05) is 69.7 Å². The molecular weight excluding hydrogens is 370 g/mol. The third-order valence-electron chi connectivity index (χ3n) is 7.39. The quantitative estimate of drug-likeness (QED) is 0.445. The van der Waals surface area contributed by atoms with E-state index in [0.29, 0.717) is 24.4 Å². The van der Waals surface area contributed by atoms with Gasteiger partial charge in [-0.2, -0.15) is 0 Å². The number of rotatable bonds is 4. The molecule has 2 bridgehead atoms. The van der Waals surface area contributed by atoms with Gasteiger partial charge in [0.2, 0.25) is 0 Å². The molecule has 28 heavy (non-hydrogen) atoms.